The molecule has 4 heterocycles. The Kier molecular flexibility index (Phi) is 6.74. The lowest BCUT2D eigenvalue weighted by Crippen LogP contribution is -2.31. The van der Waals surface area contributed by atoms with Crippen molar-refractivity contribution in [1.82, 2.24) is 19.7 Å². The third-order valence-electron chi connectivity index (χ3n) is 5.62. The summed E-state index contributed by atoms with van der Waals surface area (Å²) in [5.41, 5.74) is -1.03. The first-order valence-electron chi connectivity index (χ1n) is 11.3. The van der Waals surface area contributed by atoms with E-state index in [2.05, 4.69) is 20.4 Å². The van der Waals surface area contributed by atoms with Crippen molar-refractivity contribution in [3.05, 3.63) is 54.1 Å². The van der Waals surface area contributed by atoms with E-state index in [9.17, 15) is 18.3 Å². The van der Waals surface area contributed by atoms with Gasteiger partial charge < -0.3 is 19.9 Å². The number of nitrogens with zero attached hydrogens (tertiary/aromatic N) is 4. The molecule has 2 N–H and O–H groups in total. The highest BCUT2D eigenvalue weighted by atomic mass is 19.4. The number of aromatic nitrogens is 4. The first-order valence-corrected chi connectivity index (χ1v) is 11.3. The van der Waals surface area contributed by atoms with Gasteiger partial charge in [-0.3, -0.25) is 4.98 Å². The zero-order valence-corrected chi connectivity index (χ0v) is 19.9. The second-order valence-electron chi connectivity index (χ2n) is 9.29. The summed E-state index contributed by atoms with van der Waals surface area (Å²) in [6.07, 6.45) is -0.732. The summed E-state index contributed by atoms with van der Waals surface area (Å²) in [7, 11) is 0. The van der Waals surface area contributed by atoms with Crippen molar-refractivity contribution in [2.45, 2.75) is 70.6 Å². The quantitative estimate of drug-likeness (QED) is 0.465. The maximum Gasteiger partial charge on any atom is 0.435 e. The predicted octanol–water partition coefficient (Wildman–Crippen LogP) is 5.58. The van der Waals surface area contributed by atoms with E-state index < -0.39 is 17.5 Å². The maximum atomic E-state index is 13.5. The molecule has 188 valence electrons. The summed E-state index contributed by atoms with van der Waals surface area (Å²) in [5.74, 6) is 0.696. The average Bonchev–Trinajstić information content (AvgIpc) is 3.17. The number of pyridine rings is 2. The molecule has 0 aliphatic carbocycles. The second-order valence-corrected chi connectivity index (χ2v) is 9.29. The minimum atomic E-state index is -4.60. The van der Waals surface area contributed by atoms with E-state index in [0.29, 0.717) is 35.8 Å². The van der Waals surface area contributed by atoms with Crippen LogP contribution in [-0.4, -0.2) is 37.1 Å². The van der Waals surface area contributed by atoms with Gasteiger partial charge in [-0.1, -0.05) is 0 Å². The molecule has 0 aromatic carbocycles. The zero-order valence-electron chi connectivity index (χ0n) is 19.9. The van der Waals surface area contributed by atoms with Crippen molar-refractivity contribution >= 4 is 11.5 Å². The number of halogens is 3. The van der Waals surface area contributed by atoms with Gasteiger partial charge >= 0.3 is 6.18 Å². The molecule has 11 heteroatoms. The number of aliphatic hydroxyl groups is 1. The Hall–Kier alpha value is -3.18. The Labute approximate surface area is 201 Å². The van der Waals surface area contributed by atoms with Gasteiger partial charge in [-0.15, -0.1) is 0 Å². The van der Waals surface area contributed by atoms with Crippen molar-refractivity contribution in [1.29, 1.82) is 0 Å². The van der Waals surface area contributed by atoms with Gasteiger partial charge in [0, 0.05) is 30.2 Å². The van der Waals surface area contributed by atoms with Crippen LogP contribution >= 0.6 is 0 Å². The van der Waals surface area contributed by atoms with Crippen LogP contribution in [0, 0.1) is 0 Å². The van der Waals surface area contributed by atoms with Crippen LogP contribution in [0.25, 0.3) is 0 Å². The van der Waals surface area contributed by atoms with E-state index in [1.165, 1.54) is 10.9 Å². The summed E-state index contributed by atoms with van der Waals surface area (Å²) in [5, 5.41) is 17.1. The second kappa shape index (κ2) is 9.46. The van der Waals surface area contributed by atoms with Crippen LogP contribution in [0.5, 0.6) is 11.6 Å². The van der Waals surface area contributed by atoms with Crippen LogP contribution in [0.15, 0.2) is 42.7 Å². The first-order chi connectivity index (χ1) is 16.4. The molecule has 0 radical (unpaired) electrons. The Morgan fingerprint density at radius 3 is 2.37 bits per heavy atom. The molecule has 0 unspecified atom stereocenters. The molecule has 3 aromatic heterocycles. The smallest absolute Gasteiger partial charge is 0.435 e. The van der Waals surface area contributed by atoms with E-state index >= 15 is 0 Å². The van der Waals surface area contributed by atoms with Crippen LogP contribution in [-0.2, 0) is 16.5 Å². The highest BCUT2D eigenvalue weighted by Gasteiger charge is 2.37. The summed E-state index contributed by atoms with van der Waals surface area (Å²) in [6, 6.07) is 7.15. The number of hydrogen-bond acceptors (Lipinski definition) is 7. The molecule has 0 amide bonds. The number of hydrogen-bond donors (Lipinski definition) is 2. The van der Waals surface area contributed by atoms with Crippen LogP contribution in [0.1, 0.15) is 58.0 Å². The topological polar surface area (TPSA) is 94.3 Å². The van der Waals surface area contributed by atoms with Gasteiger partial charge in [-0.25, -0.2) is 9.67 Å². The molecule has 0 bridgehead atoms. The fraction of sp³-hybridized carbons (Fsp3) is 0.458. The Morgan fingerprint density at radius 1 is 1.03 bits per heavy atom. The van der Waals surface area contributed by atoms with Gasteiger partial charge in [0.15, 0.2) is 5.69 Å². The summed E-state index contributed by atoms with van der Waals surface area (Å²) in [6.45, 7) is 7.04. The lowest BCUT2D eigenvalue weighted by Gasteiger charge is -2.32. The molecule has 3 aromatic rings. The highest BCUT2D eigenvalue weighted by Crippen LogP contribution is 2.38. The van der Waals surface area contributed by atoms with Crippen LogP contribution in [0.3, 0.4) is 0 Å². The Bertz CT molecular complexity index is 1170. The molecule has 0 saturated carbocycles. The Morgan fingerprint density at radius 2 is 1.71 bits per heavy atom. The van der Waals surface area contributed by atoms with E-state index in [1.807, 2.05) is 13.8 Å². The summed E-state index contributed by atoms with van der Waals surface area (Å²) in [4.78, 5) is 8.42. The zero-order chi connectivity index (χ0) is 25.4. The first kappa shape index (κ1) is 24.9. The van der Waals surface area contributed by atoms with E-state index in [-0.39, 0.29) is 24.1 Å². The number of alkyl halides is 3. The predicted molar refractivity (Wildman–Crippen MR) is 123 cm³/mol. The highest BCUT2D eigenvalue weighted by molar-refractivity contribution is 5.57. The van der Waals surface area contributed by atoms with Crippen molar-refractivity contribution in [3.63, 3.8) is 0 Å². The molecular weight excluding hydrogens is 463 g/mol. The lowest BCUT2D eigenvalue weighted by atomic mass is 10.0. The van der Waals surface area contributed by atoms with Crippen LogP contribution < -0.4 is 10.1 Å². The molecule has 8 nitrogen and oxygen atoms in total. The van der Waals surface area contributed by atoms with Crippen LogP contribution in [0.4, 0.5) is 24.7 Å². The van der Waals surface area contributed by atoms with E-state index in [1.54, 1.807) is 44.3 Å². The summed E-state index contributed by atoms with van der Waals surface area (Å²) < 4.78 is 53.3. The minimum Gasteiger partial charge on any atom is -0.439 e. The third-order valence-corrected chi connectivity index (χ3v) is 5.62. The van der Waals surface area contributed by atoms with Gasteiger partial charge in [0.05, 0.1) is 23.9 Å². The molecule has 35 heavy (non-hydrogen) atoms. The standard InChI is InChI=1S/C24H28F3N5O3/c1-14-9-17(10-15(2)34-14)32-22(13-20(31-32)24(25,26)27)35-18-6-8-29-21(12-18)30-16-5-7-28-19(11-16)23(3,4)33/h5-8,11-15,17,33H,9-10H2,1-4H3,(H,28,29,30)/t14-,15+,17+. The fourth-order valence-electron chi connectivity index (χ4n) is 4.08. The fourth-order valence-corrected chi connectivity index (χ4v) is 4.08. The molecule has 1 fully saturated rings. The molecule has 1 aliphatic heterocycles. The average molecular weight is 492 g/mol. The monoisotopic (exact) mass is 491 g/mol. The van der Waals surface area contributed by atoms with Crippen molar-refractivity contribution in [2.75, 3.05) is 5.32 Å². The van der Waals surface area contributed by atoms with Crippen LogP contribution in [0.2, 0.25) is 0 Å². The Balaban J connectivity index is 1.60. The summed E-state index contributed by atoms with van der Waals surface area (Å²) >= 11 is 0. The van der Waals surface area contributed by atoms with Gasteiger partial charge in [-0.05, 0) is 58.7 Å². The molecule has 4 rings (SSSR count). The number of ether oxygens (including phenoxy) is 2. The van der Waals surface area contributed by atoms with Gasteiger partial charge in [0.25, 0.3) is 0 Å². The number of anilines is 2. The molecule has 1 aliphatic rings. The largest absolute Gasteiger partial charge is 0.439 e. The molecule has 3 atom stereocenters. The van der Waals surface area contributed by atoms with Crippen molar-refractivity contribution in [2.24, 2.45) is 0 Å². The third kappa shape index (κ3) is 6.09. The molecular formula is C24H28F3N5O3. The normalized spacial score (nSPS) is 21.1. The SMILES string of the molecule is C[C@@H]1C[C@H](n2nc(C(F)(F)F)cc2Oc2ccnc(Nc3ccnc(C(C)(C)O)c3)c2)C[C@H](C)O1. The van der Waals surface area contributed by atoms with E-state index in [4.69, 9.17) is 9.47 Å². The van der Waals surface area contributed by atoms with Crippen molar-refractivity contribution in [3.8, 4) is 11.6 Å². The van der Waals surface area contributed by atoms with E-state index in [0.717, 1.165) is 6.07 Å². The van der Waals surface area contributed by atoms with Crippen molar-refractivity contribution < 1.29 is 27.8 Å². The van der Waals surface area contributed by atoms with Gasteiger partial charge in [0.2, 0.25) is 5.88 Å². The van der Waals surface area contributed by atoms with Gasteiger partial charge in [-0.2, -0.15) is 18.3 Å². The maximum absolute atomic E-state index is 13.5. The number of nitrogens with one attached hydrogen (secondary N) is 1. The molecule has 1 saturated heterocycles. The minimum absolute atomic E-state index is 0.00555. The lowest BCUT2D eigenvalue weighted by molar-refractivity contribution is -0.141. The number of rotatable bonds is 6. The molecule has 0 spiro atoms. The van der Waals surface area contributed by atoms with Gasteiger partial charge in [0.1, 0.15) is 17.2 Å².